The first-order chi connectivity index (χ1) is 17.9. The van der Waals surface area contributed by atoms with Crippen molar-refractivity contribution in [2.24, 2.45) is 23.5 Å². The molecule has 1 aromatic rings. The summed E-state index contributed by atoms with van der Waals surface area (Å²) in [6.45, 7) is 5.35. The number of nitrogens with two attached hydrogens (primary N) is 1. The highest BCUT2D eigenvalue weighted by molar-refractivity contribution is 6.22. The van der Waals surface area contributed by atoms with Gasteiger partial charge in [-0.2, -0.15) is 0 Å². The smallest absolute Gasteiger partial charge is 0.255 e. The molecule has 1 saturated carbocycles. The number of benzene rings is 1. The highest BCUT2D eigenvalue weighted by Crippen LogP contribution is 2.53. The number of amides is 1. The number of rotatable bonds is 8. The number of ketones is 2. The number of fused-ring (bicyclic) bond motifs is 3. The summed E-state index contributed by atoms with van der Waals surface area (Å²) >= 11 is 0. The zero-order valence-corrected chi connectivity index (χ0v) is 22.3. The molecule has 0 radical (unpaired) electrons. The molecule has 0 heterocycles. The van der Waals surface area contributed by atoms with Crippen molar-refractivity contribution in [1.29, 1.82) is 0 Å². The van der Waals surface area contributed by atoms with Crippen LogP contribution in [0.5, 0.6) is 5.75 Å². The Morgan fingerprint density at radius 2 is 1.84 bits per heavy atom. The Balaban J connectivity index is 1.83. The number of phenolic OH excluding ortho intramolecular Hbond substituents is 1. The van der Waals surface area contributed by atoms with E-state index < -0.39 is 52.0 Å². The van der Waals surface area contributed by atoms with Gasteiger partial charge >= 0.3 is 0 Å². The van der Waals surface area contributed by atoms with E-state index in [4.69, 9.17) is 5.73 Å². The number of hydrogen-bond donors (Lipinski definition) is 6. The van der Waals surface area contributed by atoms with Gasteiger partial charge in [0.2, 0.25) is 5.78 Å². The Morgan fingerprint density at radius 1 is 1.18 bits per heavy atom. The van der Waals surface area contributed by atoms with Crippen LogP contribution in [-0.4, -0.2) is 64.1 Å². The normalized spacial score (nSPS) is 24.9. The van der Waals surface area contributed by atoms with Crippen LogP contribution in [0.3, 0.4) is 0 Å². The molecule has 4 rings (SSSR count). The lowest BCUT2D eigenvalue weighted by atomic mass is 9.59. The number of carbonyl (C=O) groups excluding carboxylic acids is 3. The number of primary amides is 1. The van der Waals surface area contributed by atoms with Crippen LogP contribution in [0, 0.1) is 17.8 Å². The molecule has 1 amide bonds. The van der Waals surface area contributed by atoms with Crippen LogP contribution in [0.15, 0.2) is 23.0 Å². The molecule has 0 aliphatic heterocycles. The summed E-state index contributed by atoms with van der Waals surface area (Å²) in [7, 11) is 3.70. The van der Waals surface area contributed by atoms with Crippen LogP contribution in [0.2, 0.25) is 0 Å². The minimum absolute atomic E-state index is 0.106. The number of nitrogens with zero attached hydrogens (tertiary/aromatic N) is 1. The molecular weight excluding hydrogens is 490 g/mol. The molecule has 3 aliphatic carbocycles. The standard InChI is InChI=1S/C28H37N3O7/c1-5-13(6-2)11-30-12-15-9-18(31(3)4)17-8-14-7-16-10-19(32)22(27(29)37)26(36)28(16,38)25(35)20(14)24(34)21(17)23(15)33/h9,13-14,16,30,33-34,36,38H,5-8,10-12H2,1-4H3,(H2,29,37). The van der Waals surface area contributed by atoms with Gasteiger partial charge in [0.1, 0.15) is 22.8 Å². The molecule has 3 atom stereocenters. The number of Topliss-reactive ketones (excluding diaryl/α,β-unsaturated/α-hetero) is 2. The van der Waals surface area contributed by atoms with Crippen LogP contribution in [0.1, 0.15) is 56.2 Å². The highest BCUT2D eigenvalue weighted by Gasteiger charge is 2.60. The number of hydrogen-bond acceptors (Lipinski definition) is 9. The van der Waals surface area contributed by atoms with Gasteiger partial charge in [0, 0.05) is 49.8 Å². The van der Waals surface area contributed by atoms with E-state index in [1.165, 1.54) is 0 Å². The van der Waals surface area contributed by atoms with Crippen molar-refractivity contribution < 1.29 is 34.8 Å². The van der Waals surface area contributed by atoms with Gasteiger partial charge in [0.05, 0.1) is 5.56 Å². The minimum Gasteiger partial charge on any atom is -0.508 e. The van der Waals surface area contributed by atoms with Gasteiger partial charge in [-0.05, 0) is 42.9 Å². The monoisotopic (exact) mass is 527 g/mol. The lowest BCUT2D eigenvalue weighted by Crippen LogP contribution is -2.58. The van der Waals surface area contributed by atoms with Gasteiger partial charge < -0.3 is 36.4 Å². The maximum Gasteiger partial charge on any atom is 0.255 e. The Hall–Kier alpha value is -3.37. The Morgan fingerprint density at radius 3 is 2.42 bits per heavy atom. The maximum atomic E-state index is 13.7. The molecule has 0 bridgehead atoms. The predicted molar refractivity (Wildman–Crippen MR) is 141 cm³/mol. The lowest BCUT2D eigenvalue weighted by Gasteiger charge is -2.46. The molecule has 7 N–H and O–H groups in total. The number of nitrogens with one attached hydrogen (secondary N) is 1. The Kier molecular flexibility index (Phi) is 7.33. The van der Waals surface area contributed by atoms with Crippen molar-refractivity contribution in [3.05, 3.63) is 39.7 Å². The average molecular weight is 528 g/mol. The number of aliphatic hydroxyl groups is 3. The Bertz CT molecular complexity index is 1260. The second-order valence-corrected chi connectivity index (χ2v) is 10.9. The SMILES string of the molecule is CCC(CC)CNCc1cc(N(C)C)c2c(c1O)C(O)=C1C(=O)C3(O)C(O)=C(C(N)=O)C(=O)CC3CC1C2. The summed E-state index contributed by atoms with van der Waals surface area (Å²) in [5.41, 5.74) is 3.84. The Labute approximate surface area is 221 Å². The summed E-state index contributed by atoms with van der Waals surface area (Å²) in [5, 5.41) is 48.2. The molecule has 10 nitrogen and oxygen atoms in total. The molecule has 206 valence electrons. The lowest BCUT2D eigenvalue weighted by molar-refractivity contribution is -0.147. The van der Waals surface area contributed by atoms with Crippen molar-refractivity contribution in [3.8, 4) is 5.75 Å². The van der Waals surface area contributed by atoms with E-state index in [-0.39, 0.29) is 36.1 Å². The molecule has 1 aromatic carbocycles. The first-order valence-corrected chi connectivity index (χ1v) is 13.1. The maximum absolute atomic E-state index is 13.7. The van der Waals surface area contributed by atoms with Gasteiger partial charge in [-0.3, -0.25) is 14.4 Å². The molecule has 10 heteroatoms. The second-order valence-electron chi connectivity index (χ2n) is 10.9. The fourth-order valence-electron chi connectivity index (χ4n) is 6.25. The molecule has 0 aromatic heterocycles. The average Bonchev–Trinajstić information content (AvgIpc) is 2.84. The number of aromatic hydroxyl groups is 1. The van der Waals surface area contributed by atoms with Crippen LogP contribution in [0.25, 0.3) is 5.76 Å². The van der Waals surface area contributed by atoms with E-state index >= 15 is 0 Å². The molecule has 38 heavy (non-hydrogen) atoms. The van der Waals surface area contributed by atoms with E-state index in [0.29, 0.717) is 23.6 Å². The number of anilines is 1. The van der Waals surface area contributed by atoms with Crippen molar-refractivity contribution in [2.45, 2.75) is 58.1 Å². The first kappa shape index (κ1) is 27.7. The van der Waals surface area contributed by atoms with E-state index in [1.54, 1.807) is 0 Å². The zero-order chi connectivity index (χ0) is 28.1. The van der Waals surface area contributed by atoms with Gasteiger partial charge in [0.25, 0.3) is 5.91 Å². The number of aliphatic hydroxyl groups excluding tert-OH is 2. The predicted octanol–water partition coefficient (Wildman–Crippen LogP) is 2.02. The number of phenols is 1. The fraction of sp³-hybridized carbons (Fsp3) is 0.536. The van der Waals surface area contributed by atoms with Crippen molar-refractivity contribution in [1.82, 2.24) is 5.32 Å². The molecule has 0 spiro atoms. The van der Waals surface area contributed by atoms with Crippen molar-refractivity contribution >= 4 is 28.9 Å². The topological polar surface area (TPSA) is 173 Å². The van der Waals surface area contributed by atoms with Crippen molar-refractivity contribution in [3.63, 3.8) is 0 Å². The quantitative estimate of drug-likeness (QED) is 0.276. The summed E-state index contributed by atoms with van der Waals surface area (Å²) < 4.78 is 0. The van der Waals surface area contributed by atoms with E-state index in [0.717, 1.165) is 25.1 Å². The van der Waals surface area contributed by atoms with Gasteiger partial charge in [-0.1, -0.05) is 26.7 Å². The molecular formula is C28H37N3O7. The number of carbonyl (C=O) groups is 3. The third-order valence-corrected chi connectivity index (χ3v) is 8.50. The van der Waals surface area contributed by atoms with Gasteiger partial charge in [0.15, 0.2) is 11.4 Å². The highest BCUT2D eigenvalue weighted by atomic mass is 16.3. The molecule has 3 aliphatic rings. The summed E-state index contributed by atoms with van der Waals surface area (Å²) in [6.07, 6.45) is 2.08. The van der Waals surface area contributed by atoms with Gasteiger partial charge in [-0.15, -0.1) is 0 Å². The third-order valence-electron chi connectivity index (χ3n) is 8.50. The molecule has 3 unspecified atom stereocenters. The fourth-order valence-corrected chi connectivity index (χ4v) is 6.25. The molecule has 1 fully saturated rings. The minimum atomic E-state index is -2.57. The van der Waals surface area contributed by atoms with Crippen LogP contribution in [-0.2, 0) is 27.3 Å². The second kappa shape index (κ2) is 10.1. The first-order valence-electron chi connectivity index (χ1n) is 13.1. The van der Waals surface area contributed by atoms with Crippen LogP contribution in [0.4, 0.5) is 5.69 Å². The van der Waals surface area contributed by atoms with E-state index in [2.05, 4.69) is 19.2 Å². The van der Waals surface area contributed by atoms with E-state index in [1.807, 2.05) is 25.1 Å². The molecule has 0 saturated heterocycles. The largest absolute Gasteiger partial charge is 0.508 e. The van der Waals surface area contributed by atoms with E-state index in [9.17, 15) is 34.8 Å². The third kappa shape index (κ3) is 4.16. The summed E-state index contributed by atoms with van der Waals surface area (Å²) in [6, 6.07) is 1.87. The van der Waals surface area contributed by atoms with Crippen LogP contribution >= 0.6 is 0 Å². The van der Waals surface area contributed by atoms with Crippen molar-refractivity contribution in [2.75, 3.05) is 25.5 Å². The zero-order valence-electron chi connectivity index (χ0n) is 22.3. The van der Waals surface area contributed by atoms with Gasteiger partial charge in [-0.25, -0.2) is 0 Å². The summed E-state index contributed by atoms with van der Waals surface area (Å²) in [4.78, 5) is 39.9. The summed E-state index contributed by atoms with van der Waals surface area (Å²) in [5.74, 6) is -5.73. The van der Waals surface area contributed by atoms with Crippen LogP contribution < -0.4 is 16.0 Å².